The van der Waals surface area contributed by atoms with Gasteiger partial charge in [-0.05, 0) is 6.92 Å². The molecule has 0 saturated carbocycles. The second-order valence-electron chi connectivity index (χ2n) is 2.62. The Morgan fingerprint density at radius 1 is 1.31 bits per heavy atom. The summed E-state index contributed by atoms with van der Waals surface area (Å²) < 4.78 is 0. The Balaban J connectivity index is 0.000000671. The van der Waals surface area contributed by atoms with Crippen molar-refractivity contribution in [2.45, 2.75) is 26.9 Å². The van der Waals surface area contributed by atoms with Gasteiger partial charge in [0, 0.05) is 14.1 Å². The van der Waals surface area contributed by atoms with Crippen molar-refractivity contribution in [3.8, 4) is 0 Å². The first kappa shape index (κ1) is 11.7. The number of aliphatic imine (C=N–C) groups is 2. The number of guanidine groups is 2. The molecule has 1 aliphatic heterocycles. The molecule has 76 valence electrons. The molecule has 0 aromatic heterocycles. The smallest absolute Gasteiger partial charge is 0.202 e. The van der Waals surface area contributed by atoms with Crippen LogP contribution in [0.1, 0.15) is 20.8 Å². The fraction of sp³-hybridized carbons (Fsp3) is 0.750. The van der Waals surface area contributed by atoms with Crippen LogP contribution in [0.15, 0.2) is 9.98 Å². The van der Waals surface area contributed by atoms with Gasteiger partial charge in [-0.15, -0.1) is 0 Å². The van der Waals surface area contributed by atoms with Crippen LogP contribution in [0.25, 0.3) is 0 Å². The molecule has 0 fully saturated rings. The zero-order valence-electron chi connectivity index (χ0n) is 9.00. The van der Waals surface area contributed by atoms with E-state index < -0.39 is 0 Å². The first-order valence-corrected chi connectivity index (χ1v) is 4.45. The van der Waals surface area contributed by atoms with Crippen molar-refractivity contribution < 1.29 is 0 Å². The minimum Gasteiger partial charge on any atom is -0.370 e. The van der Waals surface area contributed by atoms with Crippen LogP contribution in [-0.4, -0.2) is 37.1 Å². The summed E-state index contributed by atoms with van der Waals surface area (Å²) in [5.41, 5.74) is 5.48. The quantitative estimate of drug-likeness (QED) is 0.566. The van der Waals surface area contributed by atoms with E-state index in [-0.39, 0.29) is 6.17 Å². The summed E-state index contributed by atoms with van der Waals surface area (Å²) in [5.74, 6) is 1.18. The average molecular weight is 185 g/mol. The summed E-state index contributed by atoms with van der Waals surface area (Å²) in [6.45, 7) is 5.89. The van der Waals surface area contributed by atoms with Crippen LogP contribution in [-0.2, 0) is 0 Å². The maximum Gasteiger partial charge on any atom is 0.202 e. The number of nitrogens with zero attached hydrogens (tertiary/aromatic N) is 3. The van der Waals surface area contributed by atoms with Gasteiger partial charge in [0.1, 0.15) is 6.17 Å². The molecule has 1 rings (SSSR count). The van der Waals surface area contributed by atoms with Crippen LogP contribution >= 0.6 is 0 Å². The van der Waals surface area contributed by atoms with Gasteiger partial charge in [0.2, 0.25) is 5.96 Å². The summed E-state index contributed by atoms with van der Waals surface area (Å²) in [7, 11) is 3.80. The molecular weight excluding hydrogens is 166 g/mol. The Hall–Kier alpha value is -1.26. The molecule has 13 heavy (non-hydrogen) atoms. The molecular formula is C8H19N5. The molecule has 0 aromatic rings. The minimum atomic E-state index is -0.0753. The standard InChI is InChI=1S/C6H13N5.C2H6/c1-4-8-5(7)10-6(9-4)11(2)3;1-2/h4H,1-3H3,(H3,7,8,9,10);1-2H3. The van der Waals surface area contributed by atoms with Crippen LogP contribution in [0.5, 0.6) is 0 Å². The third-order valence-electron chi connectivity index (χ3n) is 1.30. The highest BCUT2D eigenvalue weighted by molar-refractivity contribution is 5.99. The Morgan fingerprint density at radius 3 is 2.23 bits per heavy atom. The van der Waals surface area contributed by atoms with Gasteiger partial charge >= 0.3 is 0 Å². The monoisotopic (exact) mass is 185 g/mol. The van der Waals surface area contributed by atoms with Crippen molar-refractivity contribution in [3.63, 3.8) is 0 Å². The zero-order valence-corrected chi connectivity index (χ0v) is 9.00. The predicted molar refractivity (Wildman–Crippen MR) is 56.7 cm³/mol. The SMILES string of the molecule is CC.CC1N=C(N)NC(N(C)C)=N1. The molecule has 1 atom stereocenters. The number of nitrogens with two attached hydrogens (primary N) is 1. The summed E-state index contributed by atoms with van der Waals surface area (Å²) in [4.78, 5) is 10.0. The van der Waals surface area contributed by atoms with Gasteiger partial charge in [-0.25, -0.2) is 9.98 Å². The lowest BCUT2D eigenvalue weighted by molar-refractivity contribution is 0.581. The van der Waals surface area contributed by atoms with Gasteiger partial charge < -0.3 is 10.6 Å². The van der Waals surface area contributed by atoms with E-state index in [2.05, 4.69) is 15.3 Å². The van der Waals surface area contributed by atoms with Gasteiger partial charge in [0.25, 0.3) is 0 Å². The van der Waals surface area contributed by atoms with E-state index >= 15 is 0 Å². The van der Waals surface area contributed by atoms with E-state index in [0.29, 0.717) is 5.96 Å². The molecule has 1 heterocycles. The number of nitrogens with one attached hydrogen (secondary N) is 1. The number of hydrogen-bond donors (Lipinski definition) is 2. The Labute approximate surface area is 79.7 Å². The van der Waals surface area contributed by atoms with E-state index in [1.165, 1.54) is 0 Å². The van der Waals surface area contributed by atoms with Crippen LogP contribution < -0.4 is 11.1 Å². The number of hydrogen-bond acceptors (Lipinski definition) is 5. The summed E-state index contributed by atoms with van der Waals surface area (Å²) in [5, 5.41) is 2.85. The Kier molecular flexibility index (Phi) is 4.87. The van der Waals surface area contributed by atoms with Gasteiger partial charge in [-0.2, -0.15) is 0 Å². The highest BCUT2D eigenvalue weighted by atomic mass is 15.4. The van der Waals surface area contributed by atoms with Crippen molar-refractivity contribution in [1.82, 2.24) is 10.2 Å². The van der Waals surface area contributed by atoms with Crippen LogP contribution in [0, 0.1) is 0 Å². The normalized spacial score (nSPS) is 20.2. The van der Waals surface area contributed by atoms with Crippen molar-refractivity contribution in [1.29, 1.82) is 0 Å². The molecule has 1 unspecified atom stereocenters. The number of rotatable bonds is 0. The molecule has 0 spiro atoms. The molecule has 0 aliphatic carbocycles. The largest absolute Gasteiger partial charge is 0.370 e. The van der Waals surface area contributed by atoms with Crippen molar-refractivity contribution >= 4 is 11.9 Å². The molecule has 5 heteroatoms. The van der Waals surface area contributed by atoms with Gasteiger partial charge in [0.05, 0.1) is 0 Å². The maximum absolute atomic E-state index is 5.48. The molecule has 0 amide bonds. The lowest BCUT2D eigenvalue weighted by Crippen LogP contribution is -2.47. The Morgan fingerprint density at radius 2 is 1.85 bits per heavy atom. The lowest BCUT2D eigenvalue weighted by atomic mass is 10.5. The summed E-state index contributed by atoms with van der Waals surface area (Å²) in [6.07, 6.45) is -0.0753. The van der Waals surface area contributed by atoms with E-state index in [1.807, 2.05) is 39.8 Å². The maximum atomic E-state index is 5.48. The molecule has 0 saturated heterocycles. The zero-order chi connectivity index (χ0) is 10.4. The minimum absolute atomic E-state index is 0.0753. The third kappa shape index (κ3) is 3.78. The van der Waals surface area contributed by atoms with Gasteiger partial charge in [-0.3, -0.25) is 5.32 Å². The predicted octanol–water partition coefficient (Wildman–Crippen LogP) is 0.194. The molecule has 3 N–H and O–H groups in total. The second kappa shape index (κ2) is 5.40. The topological polar surface area (TPSA) is 66.0 Å². The highest BCUT2D eigenvalue weighted by Crippen LogP contribution is 1.97. The van der Waals surface area contributed by atoms with Crippen LogP contribution in [0.4, 0.5) is 0 Å². The average Bonchev–Trinajstić information content (AvgIpc) is 2.06. The summed E-state index contributed by atoms with van der Waals surface area (Å²) in [6, 6.07) is 0. The van der Waals surface area contributed by atoms with E-state index in [0.717, 1.165) is 5.96 Å². The fourth-order valence-electron chi connectivity index (χ4n) is 0.813. The van der Waals surface area contributed by atoms with E-state index in [1.54, 1.807) is 0 Å². The molecule has 0 radical (unpaired) electrons. The molecule has 5 nitrogen and oxygen atoms in total. The highest BCUT2D eigenvalue weighted by Gasteiger charge is 2.11. The van der Waals surface area contributed by atoms with Crippen LogP contribution in [0.3, 0.4) is 0 Å². The van der Waals surface area contributed by atoms with E-state index in [4.69, 9.17) is 5.73 Å². The van der Waals surface area contributed by atoms with Crippen molar-refractivity contribution in [2.75, 3.05) is 14.1 Å². The fourth-order valence-corrected chi connectivity index (χ4v) is 0.813. The van der Waals surface area contributed by atoms with Crippen molar-refractivity contribution in [3.05, 3.63) is 0 Å². The van der Waals surface area contributed by atoms with E-state index in [9.17, 15) is 0 Å². The molecule has 0 bridgehead atoms. The summed E-state index contributed by atoms with van der Waals surface area (Å²) >= 11 is 0. The molecule has 0 aromatic carbocycles. The lowest BCUT2D eigenvalue weighted by Gasteiger charge is -2.21. The van der Waals surface area contributed by atoms with Crippen molar-refractivity contribution in [2.24, 2.45) is 15.7 Å². The molecule has 1 aliphatic rings. The van der Waals surface area contributed by atoms with Gasteiger partial charge in [0.15, 0.2) is 5.96 Å². The third-order valence-corrected chi connectivity index (χ3v) is 1.30. The van der Waals surface area contributed by atoms with Crippen LogP contribution in [0.2, 0.25) is 0 Å². The Bertz CT molecular complexity index is 207. The first-order chi connectivity index (χ1) is 6.09. The van der Waals surface area contributed by atoms with Gasteiger partial charge in [-0.1, -0.05) is 13.8 Å². The first-order valence-electron chi connectivity index (χ1n) is 4.45. The second-order valence-corrected chi connectivity index (χ2v) is 2.62.